The monoisotopic (exact) mass is 439 g/mol. The molecule has 0 radical (unpaired) electrons. The molecule has 1 amide bonds. The molecule has 2 N–H and O–H groups in total. The van der Waals surface area contributed by atoms with Crippen molar-refractivity contribution in [3.8, 4) is 0 Å². The van der Waals surface area contributed by atoms with Crippen LogP contribution in [0.15, 0.2) is 24.5 Å². The number of amides is 1. The molecule has 3 atom stereocenters. The van der Waals surface area contributed by atoms with Gasteiger partial charge < -0.3 is 15.2 Å². The van der Waals surface area contributed by atoms with Gasteiger partial charge in [0.15, 0.2) is 0 Å². The number of aromatic nitrogens is 1. The zero-order valence-electron chi connectivity index (χ0n) is 15.3. The number of carbonyl (C=O) groups is 2. The van der Waals surface area contributed by atoms with Gasteiger partial charge in [0.25, 0.3) is 0 Å². The maximum absolute atomic E-state index is 12.5. The van der Waals surface area contributed by atoms with Gasteiger partial charge in [-0.25, -0.2) is 17.5 Å². The minimum Gasteiger partial charge on any atom is -0.475 e. The van der Waals surface area contributed by atoms with Crippen molar-refractivity contribution in [1.82, 2.24) is 9.29 Å². The fourth-order valence-electron chi connectivity index (χ4n) is 3.17. The number of alkyl halides is 3. The Balaban J connectivity index is 0.000000370. The van der Waals surface area contributed by atoms with Crippen molar-refractivity contribution in [3.05, 3.63) is 24.5 Å². The van der Waals surface area contributed by atoms with E-state index in [2.05, 4.69) is 10.3 Å². The van der Waals surface area contributed by atoms with Gasteiger partial charge >= 0.3 is 12.1 Å². The number of pyridine rings is 1. The number of nitrogens with one attached hydrogen (secondary N) is 1. The Labute approximate surface area is 164 Å². The van der Waals surface area contributed by atoms with Gasteiger partial charge in [-0.2, -0.15) is 13.2 Å². The molecule has 1 aromatic rings. The van der Waals surface area contributed by atoms with Crippen LogP contribution in [0.5, 0.6) is 0 Å². The van der Waals surface area contributed by atoms with Crippen molar-refractivity contribution in [2.24, 2.45) is 17.8 Å². The molecule has 3 heterocycles. The van der Waals surface area contributed by atoms with Crippen molar-refractivity contribution >= 4 is 27.6 Å². The Bertz CT molecular complexity index is 834. The van der Waals surface area contributed by atoms with E-state index in [1.165, 1.54) is 10.6 Å². The topological polar surface area (TPSA) is 126 Å². The first-order valence-electron chi connectivity index (χ1n) is 8.43. The van der Waals surface area contributed by atoms with Crippen LogP contribution in [-0.4, -0.2) is 73.4 Å². The Morgan fingerprint density at radius 2 is 1.97 bits per heavy atom. The second-order valence-corrected chi connectivity index (χ2v) is 8.66. The van der Waals surface area contributed by atoms with Crippen LogP contribution in [0.2, 0.25) is 0 Å². The third-order valence-electron chi connectivity index (χ3n) is 4.58. The minimum atomic E-state index is -5.08. The molecule has 1 aromatic heterocycles. The van der Waals surface area contributed by atoms with E-state index in [1.807, 2.05) is 0 Å². The molecule has 13 heteroatoms. The van der Waals surface area contributed by atoms with Crippen LogP contribution in [0.1, 0.15) is 0 Å². The number of anilines is 1. The zero-order chi connectivity index (χ0) is 21.8. The second-order valence-electron chi connectivity index (χ2n) is 6.68. The van der Waals surface area contributed by atoms with Gasteiger partial charge in [0.1, 0.15) is 0 Å². The van der Waals surface area contributed by atoms with E-state index < -0.39 is 22.2 Å². The number of aliphatic carboxylic acids is 1. The largest absolute Gasteiger partial charge is 0.490 e. The van der Waals surface area contributed by atoms with Crippen LogP contribution >= 0.6 is 0 Å². The molecule has 2 aliphatic rings. The van der Waals surface area contributed by atoms with Crippen molar-refractivity contribution in [2.45, 2.75) is 6.18 Å². The van der Waals surface area contributed by atoms with Crippen LogP contribution in [0.3, 0.4) is 0 Å². The first-order chi connectivity index (χ1) is 13.4. The van der Waals surface area contributed by atoms with Gasteiger partial charge in [-0.15, -0.1) is 0 Å². The summed E-state index contributed by atoms with van der Waals surface area (Å²) in [6.45, 7) is 1.65. The summed E-state index contributed by atoms with van der Waals surface area (Å²) in [7, 11) is -3.23. The van der Waals surface area contributed by atoms with Gasteiger partial charge in [0.2, 0.25) is 15.9 Å². The molecule has 2 aliphatic heterocycles. The molecule has 2 fully saturated rings. The number of fused-ring (bicyclic) bond motifs is 1. The van der Waals surface area contributed by atoms with Gasteiger partial charge in [0, 0.05) is 25.2 Å². The minimum absolute atomic E-state index is 0.000136. The Morgan fingerprint density at radius 3 is 2.48 bits per heavy atom. The highest BCUT2D eigenvalue weighted by atomic mass is 32.2. The number of hydrogen-bond donors (Lipinski definition) is 2. The third-order valence-corrected chi connectivity index (χ3v) is 5.82. The molecular formula is C16H20F3N3O6S. The lowest BCUT2D eigenvalue weighted by molar-refractivity contribution is -0.192. The average molecular weight is 439 g/mol. The first kappa shape index (κ1) is 23.0. The van der Waals surface area contributed by atoms with Gasteiger partial charge in [-0.1, -0.05) is 0 Å². The number of rotatable bonds is 3. The van der Waals surface area contributed by atoms with Gasteiger partial charge in [-0.3, -0.25) is 9.78 Å². The lowest BCUT2D eigenvalue weighted by atomic mass is 9.82. The number of nitrogens with zero attached hydrogens (tertiary/aromatic N) is 2. The maximum atomic E-state index is 12.5. The Kier molecular flexibility index (Phi) is 7.19. The summed E-state index contributed by atoms with van der Waals surface area (Å²) < 4.78 is 62.1. The summed E-state index contributed by atoms with van der Waals surface area (Å²) in [5, 5.41) is 9.95. The number of carbonyl (C=O) groups excluding carboxylic acids is 1. The predicted octanol–water partition coefficient (Wildman–Crippen LogP) is 0.807. The molecular weight excluding hydrogens is 419 g/mol. The van der Waals surface area contributed by atoms with Crippen LogP contribution in [0, 0.1) is 17.8 Å². The molecule has 0 spiro atoms. The maximum Gasteiger partial charge on any atom is 0.490 e. The lowest BCUT2D eigenvalue weighted by Gasteiger charge is -2.31. The first-order valence-corrected chi connectivity index (χ1v) is 10.3. The van der Waals surface area contributed by atoms with E-state index >= 15 is 0 Å². The summed E-state index contributed by atoms with van der Waals surface area (Å²) in [6, 6.07) is 3.51. The van der Waals surface area contributed by atoms with Crippen LogP contribution in [0.25, 0.3) is 0 Å². The number of halogens is 3. The molecule has 0 aliphatic carbocycles. The van der Waals surface area contributed by atoms with Crippen molar-refractivity contribution in [1.29, 1.82) is 0 Å². The van der Waals surface area contributed by atoms with Crippen molar-refractivity contribution < 1.29 is 41.0 Å². The van der Waals surface area contributed by atoms with Gasteiger partial charge in [-0.05, 0) is 18.1 Å². The smallest absolute Gasteiger partial charge is 0.475 e. The van der Waals surface area contributed by atoms with Crippen LogP contribution in [-0.2, 0) is 24.3 Å². The predicted molar refractivity (Wildman–Crippen MR) is 94.3 cm³/mol. The molecule has 0 unspecified atom stereocenters. The van der Waals surface area contributed by atoms with E-state index in [0.29, 0.717) is 32.0 Å². The normalized spacial score (nSPS) is 24.8. The number of sulfonamides is 1. The molecule has 9 nitrogen and oxygen atoms in total. The van der Waals surface area contributed by atoms with Gasteiger partial charge in [0.05, 0.1) is 37.3 Å². The molecule has 3 rings (SSSR count). The fourth-order valence-corrected chi connectivity index (χ4v) is 4.08. The van der Waals surface area contributed by atoms with E-state index in [0.717, 1.165) is 0 Å². The standard InChI is InChI=1S/C14H19N3O4S.C2HF3O2/c1-22(19,20)17-6-10-8-21-9-13(12(10)7-17)14(18)16-11-3-2-4-15-5-11;3-2(4,5)1(6)7/h2-5,10,12-13H,6-9H2,1H3,(H,16,18);(H,6,7)/t10-,12-,13+;/m1./s1. The Hall–Kier alpha value is -2.25. The zero-order valence-corrected chi connectivity index (χ0v) is 16.1. The molecule has 162 valence electrons. The van der Waals surface area contributed by atoms with Crippen LogP contribution in [0.4, 0.5) is 18.9 Å². The summed E-state index contributed by atoms with van der Waals surface area (Å²) in [5.74, 6) is -3.16. The number of carboxylic acids is 1. The van der Waals surface area contributed by atoms with E-state index in [4.69, 9.17) is 14.6 Å². The highest BCUT2D eigenvalue weighted by Crippen LogP contribution is 2.35. The Morgan fingerprint density at radius 1 is 1.31 bits per heavy atom. The molecule has 2 saturated heterocycles. The number of hydrogen-bond acceptors (Lipinski definition) is 6. The lowest BCUT2D eigenvalue weighted by Crippen LogP contribution is -2.42. The summed E-state index contributed by atoms with van der Waals surface area (Å²) in [5.41, 5.74) is 0.632. The van der Waals surface area contributed by atoms with E-state index in [-0.39, 0.29) is 23.7 Å². The fraction of sp³-hybridized carbons (Fsp3) is 0.562. The molecule has 0 bridgehead atoms. The highest BCUT2D eigenvalue weighted by molar-refractivity contribution is 7.88. The summed E-state index contributed by atoms with van der Waals surface area (Å²) in [6.07, 6.45) is -0.664. The number of carboxylic acid groups (broad SMARTS) is 1. The quantitative estimate of drug-likeness (QED) is 0.714. The number of ether oxygens (including phenoxy) is 1. The SMILES string of the molecule is CS(=O)(=O)N1C[C@@H]2COC[C@H](C(=O)Nc3cccnc3)[C@@H]2C1.O=C(O)C(F)(F)F. The third kappa shape index (κ3) is 6.37. The van der Waals surface area contributed by atoms with Crippen molar-refractivity contribution in [3.63, 3.8) is 0 Å². The average Bonchev–Trinajstić information content (AvgIpc) is 3.07. The molecule has 29 heavy (non-hydrogen) atoms. The summed E-state index contributed by atoms with van der Waals surface area (Å²) >= 11 is 0. The van der Waals surface area contributed by atoms with Crippen molar-refractivity contribution in [2.75, 3.05) is 37.9 Å². The van der Waals surface area contributed by atoms with E-state index in [9.17, 15) is 26.4 Å². The van der Waals surface area contributed by atoms with E-state index in [1.54, 1.807) is 24.5 Å². The summed E-state index contributed by atoms with van der Waals surface area (Å²) in [4.78, 5) is 25.3. The highest BCUT2D eigenvalue weighted by Gasteiger charge is 2.46. The molecule has 0 saturated carbocycles. The molecule has 0 aromatic carbocycles. The van der Waals surface area contributed by atoms with Crippen LogP contribution < -0.4 is 5.32 Å². The second kappa shape index (κ2) is 9.05.